The van der Waals surface area contributed by atoms with Gasteiger partial charge in [0.1, 0.15) is 5.82 Å². The Hall–Kier alpha value is -1.60. The minimum atomic E-state index is -0.400. The van der Waals surface area contributed by atoms with Crippen molar-refractivity contribution < 1.29 is 4.74 Å². The van der Waals surface area contributed by atoms with Gasteiger partial charge in [-0.15, -0.1) is 0 Å². The first kappa shape index (κ1) is 12.8. The van der Waals surface area contributed by atoms with Crippen molar-refractivity contribution in [2.45, 2.75) is 6.54 Å². The fourth-order valence-electron chi connectivity index (χ4n) is 2.06. The molecule has 0 bridgehead atoms. The number of nitrogens with zero attached hydrogens (tertiary/aromatic N) is 3. The molecule has 1 saturated heterocycles. The second-order valence-electron chi connectivity index (χ2n) is 4.46. The predicted molar refractivity (Wildman–Crippen MR) is 67.4 cm³/mol. The molecule has 18 heavy (non-hydrogen) atoms. The van der Waals surface area contributed by atoms with Gasteiger partial charge in [0.2, 0.25) is 0 Å². The average molecular weight is 254 g/mol. The molecule has 2 rings (SSSR count). The highest BCUT2D eigenvalue weighted by atomic mass is 16.5. The fourth-order valence-corrected chi connectivity index (χ4v) is 2.06. The summed E-state index contributed by atoms with van der Waals surface area (Å²) in [5, 5.41) is 0. The number of rotatable bonds is 2. The van der Waals surface area contributed by atoms with E-state index in [1.807, 2.05) is 0 Å². The van der Waals surface area contributed by atoms with Gasteiger partial charge in [-0.3, -0.25) is 18.8 Å². The van der Waals surface area contributed by atoms with Crippen LogP contribution in [-0.2, 0) is 25.4 Å². The number of aromatic nitrogens is 2. The van der Waals surface area contributed by atoms with Crippen LogP contribution in [0.5, 0.6) is 0 Å². The minimum absolute atomic E-state index is 0.245. The first-order valence-electron chi connectivity index (χ1n) is 5.87. The topological polar surface area (TPSA) is 82.5 Å². The van der Waals surface area contributed by atoms with E-state index in [1.165, 1.54) is 11.6 Å². The van der Waals surface area contributed by atoms with Crippen LogP contribution in [0.15, 0.2) is 9.59 Å². The summed E-state index contributed by atoms with van der Waals surface area (Å²) in [6.45, 7) is 3.31. The molecule has 1 fully saturated rings. The van der Waals surface area contributed by atoms with Crippen LogP contribution in [0.25, 0.3) is 0 Å². The summed E-state index contributed by atoms with van der Waals surface area (Å²) in [5.41, 5.74) is 5.62. The smallest absolute Gasteiger partial charge is 0.332 e. The van der Waals surface area contributed by atoms with Gasteiger partial charge in [-0.1, -0.05) is 0 Å². The van der Waals surface area contributed by atoms with Crippen LogP contribution in [0.4, 0.5) is 5.82 Å². The van der Waals surface area contributed by atoms with E-state index < -0.39 is 5.69 Å². The molecule has 0 aromatic carbocycles. The molecule has 2 heterocycles. The quantitative estimate of drug-likeness (QED) is 0.694. The zero-order valence-corrected chi connectivity index (χ0v) is 10.7. The van der Waals surface area contributed by atoms with Crippen molar-refractivity contribution in [2.75, 3.05) is 32.0 Å². The number of hydrogen-bond donors (Lipinski definition) is 1. The van der Waals surface area contributed by atoms with E-state index in [0.29, 0.717) is 25.3 Å². The van der Waals surface area contributed by atoms with Crippen LogP contribution >= 0.6 is 0 Å². The van der Waals surface area contributed by atoms with Gasteiger partial charge < -0.3 is 10.5 Å². The lowest BCUT2D eigenvalue weighted by Crippen LogP contribution is -2.43. The lowest BCUT2D eigenvalue weighted by molar-refractivity contribution is 0.0339. The molecule has 1 aromatic heterocycles. The van der Waals surface area contributed by atoms with Gasteiger partial charge in [-0.2, -0.15) is 0 Å². The maximum absolute atomic E-state index is 12.0. The maximum Gasteiger partial charge on any atom is 0.332 e. The number of anilines is 1. The maximum atomic E-state index is 12.0. The van der Waals surface area contributed by atoms with Gasteiger partial charge in [0.25, 0.3) is 5.56 Å². The summed E-state index contributed by atoms with van der Waals surface area (Å²) in [5.74, 6) is 0.245. The van der Waals surface area contributed by atoms with Crippen molar-refractivity contribution in [3.05, 3.63) is 26.4 Å². The Morgan fingerprint density at radius 1 is 1.17 bits per heavy atom. The number of nitrogen functional groups attached to an aromatic ring is 1. The van der Waals surface area contributed by atoms with Gasteiger partial charge >= 0.3 is 5.69 Å². The molecule has 0 saturated carbocycles. The van der Waals surface area contributed by atoms with E-state index in [0.717, 1.165) is 17.7 Å². The fraction of sp³-hybridized carbons (Fsp3) is 0.636. The second kappa shape index (κ2) is 4.95. The van der Waals surface area contributed by atoms with E-state index >= 15 is 0 Å². The molecule has 7 heteroatoms. The molecule has 0 atom stereocenters. The largest absolute Gasteiger partial charge is 0.385 e. The molecule has 0 spiro atoms. The summed E-state index contributed by atoms with van der Waals surface area (Å²) in [7, 11) is 3.03. The van der Waals surface area contributed by atoms with E-state index in [4.69, 9.17) is 10.5 Å². The zero-order chi connectivity index (χ0) is 13.3. The van der Waals surface area contributed by atoms with Crippen molar-refractivity contribution in [2.24, 2.45) is 14.1 Å². The van der Waals surface area contributed by atoms with Gasteiger partial charge in [0.05, 0.1) is 18.8 Å². The van der Waals surface area contributed by atoms with Crippen molar-refractivity contribution in [3.63, 3.8) is 0 Å². The first-order valence-corrected chi connectivity index (χ1v) is 5.87. The van der Waals surface area contributed by atoms with E-state index in [-0.39, 0.29) is 11.4 Å². The molecule has 1 aliphatic rings. The third-order valence-electron chi connectivity index (χ3n) is 3.29. The molecule has 2 N–H and O–H groups in total. The summed E-state index contributed by atoms with van der Waals surface area (Å²) < 4.78 is 7.65. The number of hydrogen-bond acceptors (Lipinski definition) is 5. The Bertz CT molecular complexity index is 555. The highest BCUT2D eigenvalue weighted by molar-refractivity contribution is 5.38. The Labute approximate surface area is 104 Å². The molecule has 1 aliphatic heterocycles. The Morgan fingerprint density at radius 2 is 1.78 bits per heavy atom. The van der Waals surface area contributed by atoms with Crippen molar-refractivity contribution >= 4 is 5.82 Å². The highest BCUT2D eigenvalue weighted by Gasteiger charge is 2.18. The van der Waals surface area contributed by atoms with E-state index in [2.05, 4.69) is 4.90 Å². The van der Waals surface area contributed by atoms with Crippen LogP contribution < -0.4 is 17.0 Å². The summed E-state index contributed by atoms with van der Waals surface area (Å²) in [6.07, 6.45) is 0. The summed E-state index contributed by atoms with van der Waals surface area (Å²) in [6, 6.07) is 0. The SMILES string of the molecule is Cn1c(N)c(CN2CCOCC2)c(=O)n(C)c1=O. The molecule has 1 aromatic rings. The molecule has 0 amide bonds. The van der Waals surface area contributed by atoms with Gasteiger partial charge in [0, 0.05) is 33.7 Å². The van der Waals surface area contributed by atoms with Crippen LogP contribution in [0.1, 0.15) is 5.56 Å². The second-order valence-corrected chi connectivity index (χ2v) is 4.46. The lowest BCUT2D eigenvalue weighted by atomic mass is 10.2. The third kappa shape index (κ3) is 2.19. The molecular weight excluding hydrogens is 236 g/mol. The van der Waals surface area contributed by atoms with E-state index in [1.54, 1.807) is 7.05 Å². The monoisotopic (exact) mass is 254 g/mol. The lowest BCUT2D eigenvalue weighted by Gasteiger charge is -2.27. The molecule has 100 valence electrons. The van der Waals surface area contributed by atoms with Gasteiger partial charge in [0.15, 0.2) is 0 Å². The Balaban J connectivity index is 2.38. The number of morpholine rings is 1. The molecular formula is C11H18N4O3. The van der Waals surface area contributed by atoms with Crippen LogP contribution in [0.3, 0.4) is 0 Å². The van der Waals surface area contributed by atoms with Crippen LogP contribution in [0, 0.1) is 0 Å². The minimum Gasteiger partial charge on any atom is -0.385 e. The number of nitrogens with two attached hydrogens (primary N) is 1. The molecule has 0 radical (unpaired) electrons. The average Bonchev–Trinajstić information content (AvgIpc) is 2.40. The molecule has 0 aliphatic carbocycles. The highest BCUT2D eigenvalue weighted by Crippen LogP contribution is 2.08. The zero-order valence-electron chi connectivity index (χ0n) is 10.7. The molecule has 7 nitrogen and oxygen atoms in total. The summed E-state index contributed by atoms with van der Waals surface area (Å²) >= 11 is 0. The third-order valence-corrected chi connectivity index (χ3v) is 3.29. The van der Waals surface area contributed by atoms with Crippen molar-refractivity contribution in [1.29, 1.82) is 0 Å². The predicted octanol–water partition coefficient (Wildman–Crippen LogP) is -1.50. The van der Waals surface area contributed by atoms with Crippen molar-refractivity contribution in [3.8, 4) is 0 Å². The first-order chi connectivity index (χ1) is 8.52. The van der Waals surface area contributed by atoms with Crippen molar-refractivity contribution in [1.82, 2.24) is 14.0 Å². The standard InChI is InChI=1S/C11H18N4O3/c1-13-9(12)8(10(16)14(2)11(13)17)7-15-3-5-18-6-4-15/h3-7,12H2,1-2H3. The van der Waals surface area contributed by atoms with Crippen LogP contribution in [0.2, 0.25) is 0 Å². The normalized spacial score (nSPS) is 17.0. The summed E-state index contributed by atoms with van der Waals surface area (Å²) in [4.78, 5) is 25.8. The van der Waals surface area contributed by atoms with Gasteiger partial charge in [-0.05, 0) is 0 Å². The Morgan fingerprint density at radius 3 is 2.39 bits per heavy atom. The molecule has 0 unspecified atom stereocenters. The van der Waals surface area contributed by atoms with Crippen LogP contribution in [-0.4, -0.2) is 40.3 Å². The number of ether oxygens (including phenoxy) is 1. The van der Waals surface area contributed by atoms with Gasteiger partial charge in [-0.25, -0.2) is 4.79 Å². The van der Waals surface area contributed by atoms with E-state index in [9.17, 15) is 9.59 Å². The Kier molecular flexibility index (Phi) is 3.53.